The van der Waals surface area contributed by atoms with Crippen LogP contribution in [0.1, 0.15) is 25.8 Å². The van der Waals surface area contributed by atoms with Gasteiger partial charge in [-0.05, 0) is 25.5 Å². The molecule has 3 nitrogen and oxygen atoms in total. The van der Waals surface area contributed by atoms with Gasteiger partial charge in [-0.15, -0.1) is 0 Å². The lowest BCUT2D eigenvalue weighted by molar-refractivity contribution is 0.310. The summed E-state index contributed by atoms with van der Waals surface area (Å²) in [6, 6.07) is 4.14. The Kier molecular flexibility index (Phi) is 4.09. The molecule has 0 unspecified atom stereocenters. The van der Waals surface area contributed by atoms with E-state index in [1.165, 1.54) is 18.2 Å². The zero-order valence-electron chi connectivity index (χ0n) is 8.83. The van der Waals surface area contributed by atoms with Crippen LogP contribution in [0.4, 0.5) is 4.39 Å². The average molecular weight is 211 g/mol. The van der Waals surface area contributed by atoms with Crippen molar-refractivity contribution in [2.24, 2.45) is 5.16 Å². The van der Waals surface area contributed by atoms with Crippen LogP contribution < -0.4 is 4.74 Å². The van der Waals surface area contributed by atoms with Gasteiger partial charge in [0, 0.05) is 11.6 Å². The number of rotatable bonds is 4. The highest BCUT2D eigenvalue weighted by molar-refractivity contribution is 6.00. The van der Waals surface area contributed by atoms with Crippen LogP contribution in [0.2, 0.25) is 0 Å². The maximum Gasteiger partial charge on any atom is 0.131 e. The molecular weight excluding hydrogens is 197 g/mol. The fourth-order valence-corrected chi connectivity index (χ4v) is 1.18. The van der Waals surface area contributed by atoms with E-state index in [1.807, 2.05) is 6.92 Å². The third kappa shape index (κ3) is 2.94. The zero-order chi connectivity index (χ0) is 11.3. The number of oxime groups is 1. The summed E-state index contributed by atoms with van der Waals surface area (Å²) < 4.78 is 18.3. The summed E-state index contributed by atoms with van der Waals surface area (Å²) in [6.45, 7) is 4.10. The summed E-state index contributed by atoms with van der Waals surface area (Å²) in [6.07, 6.45) is 0.839. The van der Waals surface area contributed by atoms with Gasteiger partial charge < -0.3 is 9.94 Å². The molecule has 1 rings (SSSR count). The molecule has 0 saturated carbocycles. The monoisotopic (exact) mass is 211 g/mol. The smallest absolute Gasteiger partial charge is 0.131 e. The number of ether oxygens (including phenoxy) is 1. The van der Waals surface area contributed by atoms with E-state index in [9.17, 15) is 4.39 Å². The molecule has 0 heterocycles. The lowest BCUT2D eigenvalue weighted by Gasteiger charge is -2.09. The minimum atomic E-state index is -0.365. The number of benzene rings is 1. The van der Waals surface area contributed by atoms with Crippen LogP contribution >= 0.6 is 0 Å². The lowest BCUT2D eigenvalue weighted by atomic mass is 10.1. The summed E-state index contributed by atoms with van der Waals surface area (Å²) in [4.78, 5) is 0. The summed E-state index contributed by atoms with van der Waals surface area (Å²) in [5, 5.41) is 11.7. The summed E-state index contributed by atoms with van der Waals surface area (Å²) in [5.41, 5.74) is 1.01. The van der Waals surface area contributed by atoms with Crippen LogP contribution in [0.25, 0.3) is 0 Å². The van der Waals surface area contributed by atoms with Crippen molar-refractivity contribution < 1.29 is 14.3 Å². The van der Waals surface area contributed by atoms with Gasteiger partial charge in [0.25, 0.3) is 0 Å². The molecule has 4 heteroatoms. The first-order chi connectivity index (χ1) is 7.19. The highest BCUT2D eigenvalue weighted by Crippen LogP contribution is 2.21. The van der Waals surface area contributed by atoms with E-state index in [4.69, 9.17) is 9.94 Å². The van der Waals surface area contributed by atoms with Crippen molar-refractivity contribution in [3.8, 4) is 5.75 Å². The quantitative estimate of drug-likeness (QED) is 0.472. The Morgan fingerprint density at radius 1 is 1.53 bits per heavy atom. The Balaban J connectivity index is 3.03. The Morgan fingerprint density at radius 2 is 2.27 bits per heavy atom. The second-order valence-electron chi connectivity index (χ2n) is 3.17. The van der Waals surface area contributed by atoms with Gasteiger partial charge in [0.15, 0.2) is 0 Å². The van der Waals surface area contributed by atoms with Crippen molar-refractivity contribution in [2.45, 2.75) is 20.3 Å². The molecule has 0 amide bonds. The van der Waals surface area contributed by atoms with Crippen LogP contribution in [-0.2, 0) is 0 Å². The van der Waals surface area contributed by atoms with E-state index in [0.717, 1.165) is 6.42 Å². The van der Waals surface area contributed by atoms with E-state index in [0.29, 0.717) is 23.6 Å². The maximum absolute atomic E-state index is 13.0. The van der Waals surface area contributed by atoms with Crippen LogP contribution in [-0.4, -0.2) is 17.5 Å². The highest BCUT2D eigenvalue weighted by atomic mass is 19.1. The number of hydrogen-bond donors (Lipinski definition) is 1. The number of nitrogens with zero attached hydrogens (tertiary/aromatic N) is 1. The van der Waals surface area contributed by atoms with Crippen LogP contribution in [0.5, 0.6) is 5.75 Å². The molecule has 0 aliphatic rings. The minimum Gasteiger partial charge on any atom is -0.493 e. The van der Waals surface area contributed by atoms with E-state index in [-0.39, 0.29) is 5.82 Å². The molecule has 0 spiro atoms. The molecule has 0 bridgehead atoms. The molecule has 0 aliphatic carbocycles. The van der Waals surface area contributed by atoms with Gasteiger partial charge in [-0.3, -0.25) is 0 Å². The number of halogens is 1. The van der Waals surface area contributed by atoms with E-state index < -0.39 is 0 Å². The molecule has 15 heavy (non-hydrogen) atoms. The second kappa shape index (κ2) is 5.34. The third-order valence-corrected chi connectivity index (χ3v) is 1.95. The molecule has 0 atom stereocenters. The van der Waals surface area contributed by atoms with Crippen LogP contribution in [0, 0.1) is 5.82 Å². The van der Waals surface area contributed by atoms with Gasteiger partial charge in [-0.25, -0.2) is 4.39 Å². The van der Waals surface area contributed by atoms with Crippen molar-refractivity contribution in [1.82, 2.24) is 0 Å². The van der Waals surface area contributed by atoms with Crippen LogP contribution in [0.15, 0.2) is 23.4 Å². The predicted octanol–water partition coefficient (Wildman–Crippen LogP) is 2.81. The van der Waals surface area contributed by atoms with Gasteiger partial charge >= 0.3 is 0 Å². The van der Waals surface area contributed by atoms with Crippen molar-refractivity contribution in [1.29, 1.82) is 0 Å². The first-order valence-electron chi connectivity index (χ1n) is 4.80. The largest absolute Gasteiger partial charge is 0.493 e. The Hall–Kier alpha value is -1.58. The zero-order valence-corrected chi connectivity index (χ0v) is 8.83. The summed E-state index contributed by atoms with van der Waals surface area (Å²) >= 11 is 0. The first-order valence-corrected chi connectivity index (χ1v) is 4.80. The van der Waals surface area contributed by atoms with E-state index in [2.05, 4.69) is 5.16 Å². The van der Waals surface area contributed by atoms with Crippen LogP contribution in [0.3, 0.4) is 0 Å². The third-order valence-electron chi connectivity index (χ3n) is 1.95. The Bertz CT molecular complexity index is 364. The Morgan fingerprint density at radius 3 is 2.87 bits per heavy atom. The van der Waals surface area contributed by atoms with Gasteiger partial charge in [0.2, 0.25) is 0 Å². The highest BCUT2D eigenvalue weighted by Gasteiger charge is 2.08. The fourth-order valence-electron chi connectivity index (χ4n) is 1.18. The van der Waals surface area contributed by atoms with Crippen molar-refractivity contribution >= 4 is 5.71 Å². The normalized spacial score (nSPS) is 11.5. The number of hydrogen-bond acceptors (Lipinski definition) is 3. The molecule has 0 aromatic heterocycles. The van der Waals surface area contributed by atoms with Gasteiger partial charge in [0.05, 0.1) is 12.3 Å². The first kappa shape index (κ1) is 11.5. The second-order valence-corrected chi connectivity index (χ2v) is 3.17. The molecule has 0 radical (unpaired) electrons. The summed E-state index contributed by atoms with van der Waals surface area (Å²) in [5.74, 6) is 0.0442. The molecule has 0 saturated heterocycles. The van der Waals surface area contributed by atoms with Crippen molar-refractivity contribution in [3.05, 3.63) is 29.6 Å². The van der Waals surface area contributed by atoms with Gasteiger partial charge in [0.1, 0.15) is 11.6 Å². The van der Waals surface area contributed by atoms with Crippen molar-refractivity contribution in [3.63, 3.8) is 0 Å². The molecule has 0 fully saturated rings. The standard InChI is InChI=1S/C11H14FNO2/c1-3-6-15-11-7-9(12)4-5-10(11)8(2)13-14/h4-5,7,14H,3,6H2,1-2H3/b13-8+. The van der Waals surface area contributed by atoms with E-state index >= 15 is 0 Å². The molecule has 1 aromatic carbocycles. The molecule has 1 aromatic rings. The summed E-state index contributed by atoms with van der Waals surface area (Å²) in [7, 11) is 0. The van der Waals surface area contributed by atoms with E-state index in [1.54, 1.807) is 6.92 Å². The fraction of sp³-hybridized carbons (Fsp3) is 0.364. The minimum absolute atomic E-state index is 0.365. The molecule has 1 N–H and O–H groups in total. The lowest BCUT2D eigenvalue weighted by Crippen LogP contribution is -2.03. The average Bonchev–Trinajstić information content (AvgIpc) is 2.25. The molecule has 82 valence electrons. The Labute approximate surface area is 88.2 Å². The van der Waals surface area contributed by atoms with Crippen molar-refractivity contribution in [2.75, 3.05) is 6.61 Å². The maximum atomic E-state index is 13.0. The predicted molar refractivity (Wildman–Crippen MR) is 56.2 cm³/mol. The molecular formula is C11H14FNO2. The van der Waals surface area contributed by atoms with Gasteiger partial charge in [-0.1, -0.05) is 12.1 Å². The van der Waals surface area contributed by atoms with Gasteiger partial charge in [-0.2, -0.15) is 0 Å². The molecule has 0 aliphatic heterocycles. The topological polar surface area (TPSA) is 41.8 Å². The SMILES string of the molecule is CCCOc1cc(F)ccc1/C(C)=N/O.